The van der Waals surface area contributed by atoms with Gasteiger partial charge in [0.1, 0.15) is 18.1 Å². The maximum absolute atomic E-state index is 13.4. The van der Waals surface area contributed by atoms with Crippen LogP contribution in [0.25, 0.3) is 0 Å². The molecular weight excluding hydrogens is 405 g/mol. The molecule has 1 aliphatic heterocycles. The Kier molecular flexibility index (Phi) is 5.52. The van der Waals surface area contributed by atoms with Crippen LogP contribution in [0.5, 0.6) is 5.75 Å². The van der Waals surface area contributed by atoms with Gasteiger partial charge in [-0.25, -0.2) is 13.9 Å². The monoisotopic (exact) mass is 425 g/mol. The molecule has 1 aromatic heterocycles. The van der Waals surface area contributed by atoms with Gasteiger partial charge in [-0.15, -0.1) is 5.10 Å². The molecule has 0 atom stereocenters. The highest BCUT2D eigenvalue weighted by Crippen LogP contribution is 2.16. The summed E-state index contributed by atoms with van der Waals surface area (Å²) in [5.41, 5.74) is 0.654. The van der Waals surface area contributed by atoms with Gasteiger partial charge in [0.2, 0.25) is 11.7 Å². The van der Waals surface area contributed by atoms with Gasteiger partial charge in [0.15, 0.2) is 0 Å². The average molecular weight is 425 g/mol. The highest BCUT2D eigenvalue weighted by Gasteiger charge is 2.30. The average Bonchev–Trinajstić information content (AvgIpc) is 3.07. The minimum Gasteiger partial charge on any atom is -0.497 e. The minimum atomic E-state index is -0.529. The SMILES string of the molecule is COc1ccc(NC(=O)Cn2nc3n(c2=O)CCN(Cc2cccc(F)c2)C3=O)cc1. The number of benzene rings is 2. The molecule has 9 nitrogen and oxygen atoms in total. The largest absolute Gasteiger partial charge is 0.497 e. The first-order valence-electron chi connectivity index (χ1n) is 9.60. The lowest BCUT2D eigenvalue weighted by molar-refractivity contribution is -0.117. The van der Waals surface area contributed by atoms with Crippen molar-refractivity contribution >= 4 is 17.5 Å². The Morgan fingerprint density at radius 2 is 1.94 bits per heavy atom. The van der Waals surface area contributed by atoms with Crippen molar-refractivity contribution in [2.75, 3.05) is 19.0 Å². The van der Waals surface area contributed by atoms with Crippen LogP contribution in [0.1, 0.15) is 16.2 Å². The zero-order chi connectivity index (χ0) is 22.0. The predicted molar refractivity (Wildman–Crippen MR) is 109 cm³/mol. The van der Waals surface area contributed by atoms with E-state index in [9.17, 15) is 18.8 Å². The van der Waals surface area contributed by atoms with Gasteiger partial charge < -0.3 is 15.0 Å². The Morgan fingerprint density at radius 3 is 2.65 bits per heavy atom. The van der Waals surface area contributed by atoms with Gasteiger partial charge >= 0.3 is 5.69 Å². The molecule has 10 heteroatoms. The quantitative estimate of drug-likeness (QED) is 0.645. The Bertz CT molecular complexity index is 1190. The molecule has 0 saturated carbocycles. The summed E-state index contributed by atoms with van der Waals surface area (Å²) in [5, 5.41) is 6.74. The van der Waals surface area contributed by atoms with Gasteiger partial charge in [0, 0.05) is 25.3 Å². The van der Waals surface area contributed by atoms with E-state index < -0.39 is 17.5 Å². The number of nitrogens with one attached hydrogen (secondary N) is 1. The van der Waals surface area contributed by atoms with E-state index in [2.05, 4.69) is 10.4 Å². The fraction of sp³-hybridized carbons (Fsp3) is 0.238. The summed E-state index contributed by atoms with van der Waals surface area (Å²) in [6, 6.07) is 12.7. The fourth-order valence-corrected chi connectivity index (χ4v) is 3.38. The van der Waals surface area contributed by atoms with Crippen LogP contribution < -0.4 is 15.7 Å². The van der Waals surface area contributed by atoms with Crippen molar-refractivity contribution in [3.8, 4) is 5.75 Å². The fourth-order valence-electron chi connectivity index (χ4n) is 3.38. The molecule has 0 radical (unpaired) electrons. The van der Waals surface area contributed by atoms with E-state index in [1.165, 1.54) is 21.6 Å². The van der Waals surface area contributed by atoms with Gasteiger partial charge in [-0.05, 0) is 42.0 Å². The van der Waals surface area contributed by atoms with Crippen LogP contribution in [-0.2, 0) is 24.4 Å². The lowest BCUT2D eigenvalue weighted by atomic mass is 10.2. The van der Waals surface area contributed by atoms with Crippen molar-refractivity contribution in [3.05, 3.63) is 76.2 Å². The van der Waals surface area contributed by atoms with Crippen molar-refractivity contribution < 1.29 is 18.7 Å². The lowest BCUT2D eigenvalue weighted by Crippen LogP contribution is -2.42. The molecule has 0 fully saturated rings. The first kappa shape index (κ1) is 20.3. The van der Waals surface area contributed by atoms with E-state index in [1.807, 2.05) is 0 Å². The Balaban J connectivity index is 1.46. The summed E-state index contributed by atoms with van der Waals surface area (Å²) >= 11 is 0. The number of hydrogen-bond donors (Lipinski definition) is 1. The van der Waals surface area contributed by atoms with E-state index >= 15 is 0 Å². The molecule has 3 aromatic rings. The number of ether oxygens (including phenoxy) is 1. The normalized spacial score (nSPS) is 13.1. The number of carbonyl (C=O) groups excluding carboxylic acids is 2. The molecule has 2 aromatic carbocycles. The number of anilines is 1. The molecule has 1 N–H and O–H groups in total. The summed E-state index contributed by atoms with van der Waals surface area (Å²) in [6.07, 6.45) is 0. The first-order chi connectivity index (χ1) is 14.9. The highest BCUT2D eigenvalue weighted by atomic mass is 19.1. The molecule has 0 aliphatic carbocycles. The highest BCUT2D eigenvalue weighted by molar-refractivity contribution is 5.92. The van der Waals surface area contributed by atoms with Crippen LogP contribution in [0.4, 0.5) is 10.1 Å². The van der Waals surface area contributed by atoms with Crippen molar-refractivity contribution in [1.29, 1.82) is 0 Å². The second kappa shape index (κ2) is 8.42. The first-order valence-corrected chi connectivity index (χ1v) is 9.60. The van der Waals surface area contributed by atoms with Gasteiger partial charge in [-0.2, -0.15) is 0 Å². The number of amides is 2. The zero-order valence-electron chi connectivity index (χ0n) is 16.7. The number of halogens is 1. The van der Waals surface area contributed by atoms with Crippen molar-refractivity contribution in [2.45, 2.75) is 19.6 Å². The van der Waals surface area contributed by atoms with Gasteiger partial charge in [-0.1, -0.05) is 12.1 Å². The number of hydrogen-bond acceptors (Lipinski definition) is 5. The number of aromatic nitrogens is 3. The third-order valence-corrected chi connectivity index (χ3v) is 4.92. The molecule has 160 valence electrons. The molecule has 0 spiro atoms. The van der Waals surface area contributed by atoms with Crippen molar-refractivity contribution in [2.24, 2.45) is 0 Å². The number of nitrogens with zero attached hydrogens (tertiary/aromatic N) is 4. The molecule has 2 amide bonds. The summed E-state index contributed by atoms with van der Waals surface area (Å²) in [4.78, 5) is 39.2. The number of carbonyl (C=O) groups is 2. The van der Waals surface area contributed by atoms with E-state index in [1.54, 1.807) is 43.5 Å². The molecule has 2 heterocycles. The Labute approximate surface area is 176 Å². The van der Waals surface area contributed by atoms with Crippen LogP contribution in [-0.4, -0.2) is 44.7 Å². The van der Waals surface area contributed by atoms with E-state index in [0.717, 1.165) is 4.68 Å². The van der Waals surface area contributed by atoms with E-state index in [-0.39, 0.29) is 37.8 Å². The summed E-state index contributed by atoms with van der Waals surface area (Å²) in [7, 11) is 1.54. The molecule has 1 aliphatic rings. The van der Waals surface area contributed by atoms with Crippen LogP contribution in [0, 0.1) is 5.82 Å². The van der Waals surface area contributed by atoms with Crippen LogP contribution in [0.3, 0.4) is 0 Å². The van der Waals surface area contributed by atoms with Crippen LogP contribution >= 0.6 is 0 Å². The molecule has 0 bridgehead atoms. The van der Waals surface area contributed by atoms with Crippen molar-refractivity contribution in [1.82, 2.24) is 19.2 Å². The Morgan fingerprint density at radius 1 is 1.16 bits per heavy atom. The standard InChI is InChI=1S/C21H20FN5O4/c1-31-17-7-5-16(6-8-17)23-18(28)13-27-21(30)26-10-9-25(20(29)19(26)24-27)12-14-3-2-4-15(22)11-14/h2-8,11H,9-10,12-13H2,1H3,(H,23,28). The minimum absolute atomic E-state index is 0.0371. The second-order valence-corrected chi connectivity index (χ2v) is 7.05. The summed E-state index contributed by atoms with van der Waals surface area (Å²) < 4.78 is 20.7. The third kappa shape index (κ3) is 4.32. The zero-order valence-corrected chi connectivity index (χ0v) is 16.7. The molecule has 0 unspecified atom stereocenters. The lowest BCUT2D eigenvalue weighted by Gasteiger charge is -2.26. The second-order valence-electron chi connectivity index (χ2n) is 7.05. The molecule has 4 rings (SSSR count). The van der Waals surface area contributed by atoms with Gasteiger partial charge in [0.05, 0.1) is 7.11 Å². The Hall–Kier alpha value is -3.95. The number of fused-ring (bicyclic) bond motifs is 1. The van der Waals surface area contributed by atoms with E-state index in [0.29, 0.717) is 17.0 Å². The smallest absolute Gasteiger partial charge is 0.346 e. The maximum Gasteiger partial charge on any atom is 0.346 e. The van der Waals surface area contributed by atoms with Crippen LogP contribution in [0.2, 0.25) is 0 Å². The summed E-state index contributed by atoms with van der Waals surface area (Å²) in [6.45, 7) is 0.402. The molecule has 31 heavy (non-hydrogen) atoms. The van der Waals surface area contributed by atoms with Gasteiger partial charge in [0.25, 0.3) is 5.91 Å². The molecular formula is C21H20FN5O4. The third-order valence-electron chi connectivity index (χ3n) is 4.92. The molecule has 0 saturated heterocycles. The van der Waals surface area contributed by atoms with Crippen molar-refractivity contribution in [3.63, 3.8) is 0 Å². The predicted octanol–water partition coefficient (Wildman–Crippen LogP) is 1.49. The van der Waals surface area contributed by atoms with Crippen LogP contribution in [0.15, 0.2) is 53.3 Å². The van der Waals surface area contributed by atoms with E-state index in [4.69, 9.17) is 4.74 Å². The topological polar surface area (TPSA) is 98.5 Å². The maximum atomic E-state index is 13.4. The number of rotatable bonds is 6. The number of methoxy groups -OCH3 is 1. The van der Waals surface area contributed by atoms with Gasteiger partial charge in [-0.3, -0.25) is 14.2 Å². The summed E-state index contributed by atoms with van der Waals surface area (Å²) in [5.74, 6) is -0.665.